The summed E-state index contributed by atoms with van der Waals surface area (Å²) in [7, 11) is 0. The first-order valence-electron chi connectivity index (χ1n) is 9.17. The molecule has 0 bridgehead atoms. The summed E-state index contributed by atoms with van der Waals surface area (Å²) in [6.07, 6.45) is 2.40. The second-order valence-corrected chi connectivity index (χ2v) is 6.33. The normalized spacial score (nSPS) is 10.7. The van der Waals surface area contributed by atoms with E-state index >= 15 is 0 Å². The van der Waals surface area contributed by atoms with E-state index in [9.17, 15) is 4.79 Å². The lowest BCUT2D eigenvalue weighted by Gasteiger charge is -2.08. The summed E-state index contributed by atoms with van der Waals surface area (Å²) in [6.45, 7) is 0.732. The molecule has 5 heteroatoms. The predicted molar refractivity (Wildman–Crippen MR) is 107 cm³/mol. The van der Waals surface area contributed by atoms with E-state index in [0.29, 0.717) is 18.5 Å². The van der Waals surface area contributed by atoms with Crippen LogP contribution in [0.4, 0.5) is 0 Å². The van der Waals surface area contributed by atoms with Gasteiger partial charge in [0.05, 0.1) is 0 Å². The first-order chi connectivity index (χ1) is 13.8. The van der Waals surface area contributed by atoms with Gasteiger partial charge in [-0.3, -0.25) is 9.78 Å². The highest BCUT2D eigenvalue weighted by molar-refractivity contribution is 5.99. The van der Waals surface area contributed by atoms with Crippen LogP contribution in [0.5, 0.6) is 5.75 Å². The van der Waals surface area contributed by atoms with Gasteiger partial charge >= 0.3 is 0 Å². The van der Waals surface area contributed by atoms with Crippen molar-refractivity contribution in [2.24, 2.45) is 0 Å². The van der Waals surface area contributed by atoms with E-state index in [0.717, 1.165) is 22.4 Å². The second kappa shape index (κ2) is 8.39. The number of hydrogen-bond acceptors (Lipinski definition) is 4. The van der Waals surface area contributed by atoms with Crippen LogP contribution in [0, 0.1) is 0 Å². The lowest BCUT2D eigenvalue weighted by Crippen LogP contribution is -2.26. The number of pyridine rings is 1. The zero-order valence-corrected chi connectivity index (χ0v) is 15.3. The molecular weight excluding hydrogens is 352 g/mol. The van der Waals surface area contributed by atoms with Gasteiger partial charge in [-0.05, 0) is 30.3 Å². The first kappa shape index (κ1) is 17.8. The van der Waals surface area contributed by atoms with E-state index in [2.05, 4.69) is 10.3 Å². The lowest BCUT2D eigenvalue weighted by molar-refractivity contribution is 0.0925. The first-order valence-corrected chi connectivity index (χ1v) is 9.17. The van der Waals surface area contributed by atoms with Gasteiger partial charge in [0.15, 0.2) is 5.76 Å². The summed E-state index contributed by atoms with van der Waals surface area (Å²) in [6, 6.07) is 22.9. The van der Waals surface area contributed by atoms with E-state index in [4.69, 9.17) is 9.15 Å². The van der Waals surface area contributed by atoms with E-state index in [1.807, 2.05) is 72.8 Å². The number of rotatable bonds is 7. The minimum Gasteiger partial charge on any atom is -0.489 e. The van der Waals surface area contributed by atoms with Gasteiger partial charge < -0.3 is 14.5 Å². The third-order valence-electron chi connectivity index (χ3n) is 4.42. The molecule has 0 saturated carbocycles. The summed E-state index contributed by atoms with van der Waals surface area (Å²) >= 11 is 0. The van der Waals surface area contributed by atoms with Crippen LogP contribution in [0.15, 0.2) is 83.4 Å². The maximum atomic E-state index is 12.8. The van der Waals surface area contributed by atoms with Crippen molar-refractivity contribution in [1.82, 2.24) is 10.3 Å². The van der Waals surface area contributed by atoms with Gasteiger partial charge in [0, 0.05) is 35.8 Å². The quantitative estimate of drug-likeness (QED) is 0.523. The van der Waals surface area contributed by atoms with Gasteiger partial charge in [-0.15, -0.1) is 0 Å². The fraction of sp³-hybridized carbons (Fsp3) is 0.130. The van der Waals surface area contributed by atoms with E-state index < -0.39 is 0 Å². The molecule has 28 heavy (non-hydrogen) atoms. The zero-order chi connectivity index (χ0) is 19.2. The number of carbonyl (C=O) groups is 1. The van der Waals surface area contributed by atoms with Crippen molar-refractivity contribution in [1.29, 1.82) is 0 Å². The number of amides is 1. The minimum atomic E-state index is -0.251. The summed E-state index contributed by atoms with van der Waals surface area (Å²) in [5, 5.41) is 3.80. The number of ether oxygens (including phenoxy) is 1. The molecule has 0 aliphatic carbocycles. The molecule has 0 spiro atoms. The number of nitrogens with zero attached hydrogens (tertiary/aromatic N) is 1. The molecule has 0 unspecified atom stereocenters. The molecule has 4 aromatic rings. The molecule has 0 aliphatic rings. The largest absolute Gasteiger partial charge is 0.489 e. The predicted octanol–water partition coefficient (Wildman–Crippen LogP) is 4.38. The fourth-order valence-electron chi connectivity index (χ4n) is 3.03. The Balaban J connectivity index is 1.51. The Hall–Kier alpha value is -3.60. The van der Waals surface area contributed by atoms with Crippen LogP contribution in [-0.2, 0) is 13.0 Å². The third kappa shape index (κ3) is 4.04. The Bertz CT molecular complexity index is 1060. The number of fused-ring (bicyclic) bond motifs is 1. The Morgan fingerprint density at radius 1 is 0.964 bits per heavy atom. The van der Waals surface area contributed by atoms with Crippen molar-refractivity contribution in [2.75, 3.05) is 6.54 Å². The van der Waals surface area contributed by atoms with Crippen LogP contribution in [-0.4, -0.2) is 17.4 Å². The molecule has 0 saturated heterocycles. The number of aromatic nitrogens is 1. The van der Waals surface area contributed by atoms with Crippen molar-refractivity contribution < 1.29 is 13.9 Å². The molecule has 2 heterocycles. The topological polar surface area (TPSA) is 64.4 Å². The molecule has 5 nitrogen and oxygen atoms in total. The highest BCUT2D eigenvalue weighted by atomic mass is 16.5. The Morgan fingerprint density at radius 2 is 1.75 bits per heavy atom. The fourth-order valence-corrected chi connectivity index (χ4v) is 3.03. The van der Waals surface area contributed by atoms with Crippen LogP contribution in [0.25, 0.3) is 11.0 Å². The Kier molecular flexibility index (Phi) is 5.33. The van der Waals surface area contributed by atoms with E-state index in [1.165, 1.54) is 0 Å². The molecule has 0 radical (unpaired) electrons. The number of para-hydroxylation sites is 2. The van der Waals surface area contributed by atoms with Crippen LogP contribution in [0.1, 0.15) is 21.8 Å². The average Bonchev–Trinajstić information content (AvgIpc) is 3.12. The van der Waals surface area contributed by atoms with Crippen molar-refractivity contribution in [3.05, 3.63) is 96.0 Å². The molecule has 4 rings (SSSR count). The van der Waals surface area contributed by atoms with Gasteiger partial charge in [-0.1, -0.05) is 42.5 Å². The Morgan fingerprint density at radius 3 is 2.57 bits per heavy atom. The summed E-state index contributed by atoms with van der Waals surface area (Å²) in [5.41, 5.74) is 2.35. The minimum absolute atomic E-state index is 0.251. The van der Waals surface area contributed by atoms with Gasteiger partial charge in [-0.2, -0.15) is 0 Å². The number of carbonyl (C=O) groups excluding carboxylic acids is 1. The van der Waals surface area contributed by atoms with Crippen molar-refractivity contribution in [2.45, 2.75) is 13.0 Å². The van der Waals surface area contributed by atoms with E-state index in [1.54, 1.807) is 6.20 Å². The second-order valence-electron chi connectivity index (χ2n) is 6.33. The highest BCUT2D eigenvalue weighted by Crippen LogP contribution is 2.27. The monoisotopic (exact) mass is 372 g/mol. The van der Waals surface area contributed by atoms with Crippen LogP contribution in [0.2, 0.25) is 0 Å². The lowest BCUT2D eigenvalue weighted by atomic mass is 10.1. The van der Waals surface area contributed by atoms with Crippen LogP contribution >= 0.6 is 0 Å². The molecular formula is C23H20N2O3. The maximum Gasteiger partial charge on any atom is 0.287 e. The number of nitrogens with one attached hydrogen (secondary N) is 1. The SMILES string of the molecule is O=C(NCCc1ccccn1)c1oc2ccccc2c1COc1ccccc1. The molecule has 2 aromatic heterocycles. The molecule has 0 aliphatic heterocycles. The van der Waals surface area contributed by atoms with Crippen molar-refractivity contribution >= 4 is 16.9 Å². The van der Waals surface area contributed by atoms with Crippen molar-refractivity contribution in [3.63, 3.8) is 0 Å². The summed E-state index contributed by atoms with van der Waals surface area (Å²) < 4.78 is 11.7. The van der Waals surface area contributed by atoms with Crippen LogP contribution < -0.4 is 10.1 Å². The van der Waals surface area contributed by atoms with Crippen molar-refractivity contribution in [3.8, 4) is 5.75 Å². The highest BCUT2D eigenvalue weighted by Gasteiger charge is 2.20. The average molecular weight is 372 g/mol. The molecule has 2 aromatic carbocycles. The number of furan rings is 1. The van der Waals surface area contributed by atoms with Gasteiger partial charge in [0.1, 0.15) is 17.9 Å². The number of hydrogen-bond donors (Lipinski definition) is 1. The third-order valence-corrected chi connectivity index (χ3v) is 4.42. The maximum absolute atomic E-state index is 12.8. The summed E-state index contributed by atoms with van der Waals surface area (Å²) in [5.74, 6) is 0.784. The smallest absolute Gasteiger partial charge is 0.287 e. The molecule has 1 N–H and O–H groups in total. The van der Waals surface area contributed by atoms with Gasteiger partial charge in [0.2, 0.25) is 0 Å². The molecule has 140 valence electrons. The molecule has 0 fully saturated rings. The zero-order valence-electron chi connectivity index (χ0n) is 15.3. The number of benzene rings is 2. The standard InChI is InChI=1S/C23H20N2O3/c26-23(25-15-13-17-8-6-7-14-24-17)22-20(16-27-18-9-2-1-3-10-18)19-11-4-5-12-21(19)28-22/h1-12,14H,13,15-16H2,(H,25,26). The van der Waals surface area contributed by atoms with E-state index in [-0.39, 0.29) is 18.3 Å². The molecule has 1 amide bonds. The van der Waals surface area contributed by atoms with Gasteiger partial charge in [-0.25, -0.2) is 0 Å². The Labute approximate surface area is 163 Å². The van der Waals surface area contributed by atoms with Gasteiger partial charge in [0.25, 0.3) is 5.91 Å². The van der Waals surface area contributed by atoms with Crippen LogP contribution in [0.3, 0.4) is 0 Å². The molecule has 0 atom stereocenters. The summed E-state index contributed by atoms with van der Waals surface area (Å²) in [4.78, 5) is 17.0.